The van der Waals surface area contributed by atoms with Gasteiger partial charge in [-0.2, -0.15) is 0 Å². The summed E-state index contributed by atoms with van der Waals surface area (Å²) in [5, 5.41) is 0. The molecule has 1 unspecified atom stereocenters. The van der Waals surface area contributed by atoms with Crippen molar-refractivity contribution in [1.82, 2.24) is 0 Å². The Morgan fingerprint density at radius 1 is 0.680 bits per heavy atom. The maximum Gasteiger partial charge on any atom is 0.0104 e. The molecule has 0 aliphatic heterocycles. The van der Waals surface area contributed by atoms with E-state index in [-0.39, 0.29) is 0 Å². The lowest BCUT2D eigenvalue weighted by Crippen LogP contribution is -2.06. The third kappa shape index (κ3) is 3.17. The zero-order valence-corrected chi connectivity index (χ0v) is 14.8. The van der Waals surface area contributed by atoms with Gasteiger partial charge in [-0.3, -0.25) is 0 Å². The molecular formula is C25H24. The van der Waals surface area contributed by atoms with Gasteiger partial charge in [-0.1, -0.05) is 97.4 Å². The molecule has 0 spiro atoms. The Kier molecular flexibility index (Phi) is 4.52. The maximum atomic E-state index is 2.33. The minimum absolute atomic E-state index is 0.494. The second kappa shape index (κ2) is 7.11. The second-order valence-corrected chi connectivity index (χ2v) is 6.85. The van der Waals surface area contributed by atoms with Gasteiger partial charge in [-0.05, 0) is 47.1 Å². The van der Waals surface area contributed by atoms with Gasteiger partial charge in [0.15, 0.2) is 0 Å². The monoisotopic (exact) mass is 324 g/mol. The third-order valence-corrected chi connectivity index (χ3v) is 5.34. The smallest absolute Gasteiger partial charge is 0.0104 e. The molecule has 0 fully saturated rings. The van der Waals surface area contributed by atoms with E-state index in [0.717, 1.165) is 19.3 Å². The van der Waals surface area contributed by atoms with E-state index >= 15 is 0 Å². The number of rotatable bonds is 5. The van der Waals surface area contributed by atoms with Gasteiger partial charge < -0.3 is 0 Å². The van der Waals surface area contributed by atoms with Crippen molar-refractivity contribution < 1.29 is 0 Å². The Bertz CT molecular complexity index is 872. The van der Waals surface area contributed by atoms with Gasteiger partial charge in [0, 0.05) is 5.92 Å². The fourth-order valence-corrected chi connectivity index (χ4v) is 4.19. The molecule has 0 nitrogen and oxygen atoms in total. The fourth-order valence-electron chi connectivity index (χ4n) is 4.19. The van der Waals surface area contributed by atoms with Crippen molar-refractivity contribution in [2.75, 3.05) is 0 Å². The molecule has 124 valence electrons. The van der Waals surface area contributed by atoms with Gasteiger partial charge in [-0.25, -0.2) is 0 Å². The van der Waals surface area contributed by atoms with Crippen molar-refractivity contribution in [1.29, 1.82) is 0 Å². The molecule has 0 radical (unpaired) electrons. The van der Waals surface area contributed by atoms with Crippen molar-refractivity contribution in [3.05, 3.63) is 113 Å². The number of allylic oxidation sites excluding steroid dienone is 2. The summed E-state index contributed by atoms with van der Waals surface area (Å²) < 4.78 is 0. The van der Waals surface area contributed by atoms with E-state index in [2.05, 4.69) is 91.9 Å². The van der Waals surface area contributed by atoms with Gasteiger partial charge in [0.2, 0.25) is 0 Å². The van der Waals surface area contributed by atoms with Crippen LogP contribution in [0.1, 0.15) is 41.5 Å². The van der Waals surface area contributed by atoms with E-state index in [1.807, 2.05) is 0 Å². The molecule has 3 aromatic rings. The highest BCUT2D eigenvalue weighted by atomic mass is 14.3. The zero-order valence-electron chi connectivity index (χ0n) is 14.8. The molecule has 0 saturated carbocycles. The van der Waals surface area contributed by atoms with Gasteiger partial charge in [0.1, 0.15) is 0 Å². The van der Waals surface area contributed by atoms with Crippen molar-refractivity contribution in [3.63, 3.8) is 0 Å². The molecule has 0 heteroatoms. The summed E-state index contributed by atoms with van der Waals surface area (Å²) in [4.78, 5) is 0. The molecule has 1 atom stereocenters. The average molecular weight is 324 g/mol. The van der Waals surface area contributed by atoms with Crippen LogP contribution < -0.4 is 0 Å². The van der Waals surface area contributed by atoms with Crippen LogP contribution in [-0.4, -0.2) is 0 Å². The highest BCUT2D eigenvalue weighted by Gasteiger charge is 2.29. The van der Waals surface area contributed by atoms with Crippen LogP contribution in [0, 0.1) is 0 Å². The molecule has 1 aliphatic carbocycles. The van der Waals surface area contributed by atoms with Crippen LogP contribution in [0.15, 0.2) is 90.5 Å². The first-order valence-electron chi connectivity index (χ1n) is 9.26. The molecule has 0 bridgehead atoms. The number of hydrogen-bond acceptors (Lipinski definition) is 0. The highest BCUT2D eigenvalue weighted by Crippen LogP contribution is 2.46. The maximum absolute atomic E-state index is 2.33. The molecular weight excluding hydrogens is 300 g/mol. The summed E-state index contributed by atoms with van der Waals surface area (Å²) in [5.74, 6) is 0.494. The predicted molar refractivity (Wildman–Crippen MR) is 107 cm³/mol. The Hall–Kier alpha value is -2.60. The molecule has 3 aromatic carbocycles. The summed E-state index contributed by atoms with van der Waals surface area (Å²) in [6, 6.07) is 30.8. The molecule has 0 saturated heterocycles. The standard InChI is InChI=1S/C25H24/c1-2-21-22-15-9-10-16-23(22)25(18-20-13-7-4-8-14-20)24(21)17-19-11-5-3-6-12-19/h3-16,25H,2,17-18H2,1H3. The van der Waals surface area contributed by atoms with Crippen LogP contribution in [0.2, 0.25) is 0 Å². The van der Waals surface area contributed by atoms with E-state index in [0.29, 0.717) is 5.92 Å². The molecule has 0 amide bonds. The van der Waals surface area contributed by atoms with Gasteiger partial charge in [0.25, 0.3) is 0 Å². The average Bonchev–Trinajstić information content (AvgIpc) is 2.96. The van der Waals surface area contributed by atoms with Gasteiger partial charge >= 0.3 is 0 Å². The summed E-state index contributed by atoms with van der Waals surface area (Å²) >= 11 is 0. The van der Waals surface area contributed by atoms with E-state index in [9.17, 15) is 0 Å². The van der Waals surface area contributed by atoms with Gasteiger partial charge in [-0.15, -0.1) is 0 Å². The van der Waals surface area contributed by atoms with Crippen LogP contribution >= 0.6 is 0 Å². The van der Waals surface area contributed by atoms with E-state index in [1.165, 1.54) is 22.3 Å². The van der Waals surface area contributed by atoms with E-state index < -0.39 is 0 Å². The topological polar surface area (TPSA) is 0 Å². The first-order valence-corrected chi connectivity index (χ1v) is 9.26. The molecule has 25 heavy (non-hydrogen) atoms. The van der Waals surface area contributed by atoms with Gasteiger partial charge in [0.05, 0.1) is 0 Å². The number of fused-ring (bicyclic) bond motifs is 1. The number of hydrogen-bond donors (Lipinski definition) is 0. The van der Waals surface area contributed by atoms with Crippen LogP contribution in [0.25, 0.3) is 5.57 Å². The predicted octanol–water partition coefficient (Wildman–Crippen LogP) is 6.43. The van der Waals surface area contributed by atoms with Crippen LogP contribution in [0.5, 0.6) is 0 Å². The molecule has 0 N–H and O–H groups in total. The summed E-state index contributed by atoms with van der Waals surface area (Å²) in [6.07, 6.45) is 3.24. The van der Waals surface area contributed by atoms with Crippen LogP contribution in [-0.2, 0) is 12.8 Å². The third-order valence-electron chi connectivity index (χ3n) is 5.34. The lowest BCUT2D eigenvalue weighted by molar-refractivity contribution is 0.777. The lowest BCUT2D eigenvalue weighted by atomic mass is 9.86. The van der Waals surface area contributed by atoms with Crippen molar-refractivity contribution in [2.45, 2.75) is 32.1 Å². The highest BCUT2D eigenvalue weighted by molar-refractivity contribution is 5.78. The molecule has 1 aliphatic rings. The van der Waals surface area contributed by atoms with E-state index in [1.54, 1.807) is 11.1 Å². The van der Waals surface area contributed by atoms with Crippen LogP contribution in [0.4, 0.5) is 0 Å². The number of benzene rings is 3. The fraction of sp³-hybridized carbons (Fsp3) is 0.200. The zero-order chi connectivity index (χ0) is 17.1. The summed E-state index contributed by atoms with van der Waals surface area (Å²) in [5.41, 5.74) is 8.98. The largest absolute Gasteiger partial charge is 0.0622 e. The Balaban J connectivity index is 1.76. The lowest BCUT2D eigenvalue weighted by Gasteiger charge is -2.18. The minimum atomic E-state index is 0.494. The summed E-state index contributed by atoms with van der Waals surface area (Å²) in [7, 11) is 0. The first kappa shape index (κ1) is 15.9. The SMILES string of the molecule is CCC1=C(Cc2ccccc2)C(Cc2ccccc2)c2ccccc21. The van der Waals surface area contributed by atoms with Crippen molar-refractivity contribution in [2.24, 2.45) is 0 Å². The Labute approximate surface area is 150 Å². The van der Waals surface area contributed by atoms with E-state index in [4.69, 9.17) is 0 Å². The molecule has 0 aromatic heterocycles. The quantitative estimate of drug-likeness (QED) is 0.507. The van der Waals surface area contributed by atoms with Crippen molar-refractivity contribution in [3.8, 4) is 0 Å². The first-order chi connectivity index (χ1) is 12.4. The Morgan fingerprint density at radius 2 is 1.28 bits per heavy atom. The van der Waals surface area contributed by atoms with Crippen molar-refractivity contribution >= 4 is 5.57 Å². The Morgan fingerprint density at radius 3 is 1.96 bits per heavy atom. The normalized spacial score (nSPS) is 16.1. The molecule has 4 rings (SSSR count). The van der Waals surface area contributed by atoms with Crippen LogP contribution in [0.3, 0.4) is 0 Å². The molecule has 0 heterocycles. The summed E-state index contributed by atoms with van der Waals surface area (Å²) in [6.45, 7) is 2.29. The second-order valence-electron chi connectivity index (χ2n) is 6.85. The minimum Gasteiger partial charge on any atom is -0.0622 e.